The number of aromatic nitrogens is 1. The summed E-state index contributed by atoms with van der Waals surface area (Å²) in [7, 11) is 0. The second kappa shape index (κ2) is 9.55. The van der Waals surface area contributed by atoms with Crippen LogP contribution in [-0.2, 0) is 13.2 Å². The van der Waals surface area contributed by atoms with Crippen LogP contribution < -0.4 is 9.47 Å². The number of pyridine rings is 1. The highest BCUT2D eigenvalue weighted by molar-refractivity contribution is 9.10. The first-order valence-corrected chi connectivity index (χ1v) is 10.3. The van der Waals surface area contributed by atoms with Gasteiger partial charge in [-0.2, -0.15) is 4.98 Å². The molecule has 5 heteroatoms. The molecule has 0 saturated carbocycles. The van der Waals surface area contributed by atoms with E-state index in [2.05, 4.69) is 20.9 Å². The van der Waals surface area contributed by atoms with Crippen molar-refractivity contribution >= 4 is 15.9 Å². The van der Waals surface area contributed by atoms with Crippen LogP contribution in [0.15, 0.2) is 95.5 Å². The highest BCUT2D eigenvalue weighted by Crippen LogP contribution is 2.33. The third-order valence-electron chi connectivity index (χ3n) is 4.51. The van der Waals surface area contributed by atoms with E-state index in [1.165, 1.54) is 6.07 Å². The van der Waals surface area contributed by atoms with E-state index in [0.29, 0.717) is 40.6 Å². The molecule has 3 aromatic carbocycles. The van der Waals surface area contributed by atoms with Crippen molar-refractivity contribution in [1.82, 2.24) is 4.98 Å². The highest BCUT2D eigenvalue weighted by Gasteiger charge is 2.13. The van der Waals surface area contributed by atoms with Crippen molar-refractivity contribution in [3.8, 4) is 22.9 Å². The molecule has 0 radical (unpaired) electrons. The minimum absolute atomic E-state index is 0.342. The molecule has 0 bridgehead atoms. The third-order valence-corrected chi connectivity index (χ3v) is 5.16. The van der Waals surface area contributed by atoms with Crippen molar-refractivity contribution in [3.63, 3.8) is 0 Å². The van der Waals surface area contributed by atoms with E-state index in [0.717, 1.165) is 11.1 Å². The molecule has 0 aliphatic carbocycles. The summed E-state index contributed by atoms with van der Waals surface area (Å²) in [6.07, 6.45) is 0. The molecule has 0 aliphatic rings. The fourth-order valence-electron chi connectivity index (χ4n) is 2.95. The molecule has 3 nitrogen and oxygen atoms in total. The molecule has 4 aromatic rings. The van der Waals surface area contributed by atoms with Crippen LogP contribution >= 0.6 is 15.9 Å². The van der Waals surface area contributed by atoms with Crippen LogP contribution in [0.1, 0.15) is 11.1 Å². The molecular formula is C25H19BrFNO2. The van der Waals surface area contributed by atoms with Crippen molar-refractivity contribution in [2.24, 2.45) is 0 Å². The lowest BCUT2D eigenvalue weighted by Crippen LogP contribution is -2.02. The Balaban J connectivity index is 1.61. The quantitative estimate of drug-likeness (QED) is 0.301. The molecule has 30 heavy (non-hydrogen) atoms. The minimum atomic E-state index is -0.342. The molecule has 0 spiro atoms. The Bertz CT molecular complexity index is 1120. The van der Waals surface area contributed by atoms with Gasteiger partial charge in [0.05, 0.1) is 4.47 Å². The molecule has 1 heterocycles. The summed E-state index contributed by atoms with van der Waals surface area (Å²) in [6, 6.07) is 28.3. The van der Waals surface area contributed by atoms with E-state index in [9.17, 15) is 4.39 Å². The van der Waals surface area contributed by atoms with Crippen molar-refractivity contribution < 1.29 is 13.9 Å². The van der Waals surface area contributed by atoms with Crippen LogP contribution in [0.2, 0.25) is 0 Å². The van der Waals surface area contributed by atoms with E-state index < -0.39 is 0 Å². The number of halogens is 2. The van der Waals surface area contributed by atoms with E-state index in [4.69, 9.17) is 9.47 Å². The van der Waals surface area contributed by atoms with E-state index in [1.54, 1.807) is 12.1 Å². The predicted octanol–water partition coefficient (Wildman–Crippen LogP) is 6.81. The van der Waals surface area contributed by atoms with Gasteiger partial charge in [-0.25, -0.2) is 4.39 Å². The second-order valence-electron chi connectivity index (χ2n) is 6.68. The highest BCUT2D eigenvalue weighted by atomic mass is 79.9. The summed E-state index contributed by atoms with van der Waals surface area (Å²) in [5, 5.41) is 0. The lowest BCUT2D eigenvalue weighted by molar-refractivity contribution is 0.268. The number of hydrogen-bond donors (Lipinski definition) is 0. The summed E-state index contributed by atoms with van der Waals surface area (Å²) >= 11 is 3.19. The van der Waals surface area contributed by atoms with Gasteiger partial charge >= 0.3 is 0 Å². The lowest BCUT2D eigenvalue weighted by Gasteiger charge is -2.13. The summed E-state index contributed by atoms with van der Waals surface area (Å²) in [5.74, 6) is 0.500. The van der Waals surface area contributed by atoms with Crippen LogP contribution in [0.3, 0.4) is 0 Å². The second-order valence-corrected chi connectivity index (χ2v) is 7.53. The summed E-state index contributed by atoms with van der Waals surface area (Å²) in [5.41, 5.74) is 3.44. The Hall–Kier alpha value is -3.18. The zero-order valence-corrected chi connectivity index (χ0v) is 17.7. The Morgan fingerprint density at radius 3 is 2.00 bits per heavy atom. The first-order chi connectivity index (χ1) is 14.7. The summed E-state index contributed by atoms with van der Waals surface area (Å²) < 4.78 is 26.4. The van der Waals surface area contributed by atoms with Crippen molar-refractivity contribution in [2.75, 3.05) is 0 Å². The monoisotopic (exact) mass is 463 g/mol. The number of nitrogens with zero attached hydrogens (tertiary/aromatic N) is 1. The maximum Gasteiger partial charge on any atom is 0.225 e. The number of rotatable bonds is 7. The SMILES string of the molecule is Fc1cc(-c2ccc(OCc3ccccc3)nc2OCc2ccccc2)ccc1Br. The van der Waals surface area contributed by atoms with E-state index >= 15 is 0 Å². The summed E-state index contributed by atoms with van der Waals surface area (Å²) in [6.45, 7) is 0.750. The standard InChI is InChI=1S/C25H19BrFNO2/c26-22-13-11-20(15-23(22)27)21-12-14-24(29-16-18-7-3-1-4-8-18)28-25(21)30-17-19-9-5-2-6-10-19/h1-15H,16-17H2. The molecule has 150 valence electrons. The lowest BCUT2D eigenvalue weighted by atomic mass is 10.1. The molecule has 0 aliphatic heterocycles. The molecule has 0 fully saturated rings. The normalized spacial score (nSPS) is 10.6. The Kier molecular flexibility index (Phi) is 6.40. The molecule has 1 aromatic heterocycles. The van der Waals surface area contributed by atoms with Crippen molar-refractivity contribution in [3.05, 3.63) is 112 Å². The third kappa shape index (κ3) is 5.05. The van der Waals surface area contributed by atoms with Gasteiger partial charge in [-0.15, -0.1) is 0 Å². The number of benzene rings is 3. The number of ether oxygens (including phenoxy) is 2. The maximum atomic E-state index is 14.1. The molecule has 0 unspecified atom stereocenters. The fraction of sp³-hybridized carbons (Fsp3) is 0.0800. The molecule has 4 rings (SSSR count). The van der Waals surface area contributed by atoms with Gasteiger partial charge in [-0.3, -0.25) is 0 Å². The van der Waals surface area contributed by atoms with Gasteiger partial charge in [-0.05, 0) is 50.8 Å². The molecular weight excluding hydrogens is 445 g/mol. The first kappa shape index (κ1) is 20.1. The Labute approximate surface area is 183 Å². The van der Waals surface area contributed by atoms with Crippen LogP contribution in [0, 0.1) is 5.82 Å². The fourth-order valence-corrected chi connectivity index (χ4v) is 3.20. The van der Waals surface area contributed by atoms with E-state index in [1.807, 2.05) is 72.8 Å². The van der Waals surface area contributed by atoms with Gasteiger partial charge in [-0.1, -0.05) is 66.7 Å². The van der Waals surface area contributed by atoms with Crippen LogP contribution in [0.25, 0.3) is 11.1 Å². The molecule has 0 N–H and O–H groups in total. The summed E-state index contributed by atoms with van der Waals surface area (Å²) in [4.78, 5) is 4.55. The van der Waals surface area contributed by atoms with Gasteiger partial charge < -0.3 is 9.47 Å². The topological polar surface area (TPSA) is 31.4 Å². The Morgan fingerprint density at radius 2 is 1.37 bits per heavy atom. The van der Waals surface area contributed by atoms with Crippen molar-refractivity contribution in [2.45, 2.75) is 13.2 Å². The maximum absolute atomic E-state index is 14.1. The molecule has 0 saturated heterocycles. The predicted molar refractivity (Wildman–Crippen MR) is 119 cm³/mol. The van der Waals surface area contributed by atoms with Gasteiger partial charge in [0.15, 0.2) is 0 Å². The largest absolute Gasteiger partial charge is 0.473 e. The zero-order chi connectivity index (χ0) is 20.8. The zero-order valence-electron chi connectivity index (χ0n) is 16.1. The van der Waals surface area contributed by atoms with E-state index in [-0.39, 0.29) is 5.82 Å². The van der Waals surface area contributed by atoms with Crippen LogP contribution in [0.5, 0.6) is 11.8 Å². The van der Waals surface area contributed by atoms with Gasteiger partial charge in [0.1, 0.15) is 19.0 Å². The number of hydrogen-bond acceptors (Lipinski definition) is 3. The molecule has 0 amide bonds. The Morgan fingerprint density at radius 1 is 0.733 bits per heavy atom. The smallest absolute Gasteiger partial charge is 0.225 e. The average Bonchev–Trinajstić information content (AvgIpc) is 2.79. The van der Waals surface area contributed by atoms with Gasteiger partial charge in [0.2, 0.25) is 11.8 Å². The van der Waals surface area contributed by atoms with Gasteiger partial charge in [0, 0.05) is 11.6 Å². The average molecular weight is 464 g/mol. The van der Waals surface area contributed by atoms with Crippen LogP contribution in [0.4, 0.5) is 4.39 Å². The molecule has 0 atom stereocenters. The van der Waals surface area contributed by atoms with Crippen LogP contribution in [-0.4, -0.2) is 4.98 Å². The first-order valence-electron chi connectivity index (χ1n) is 9.49. The minimum Gasteiger partial charge on any atom is -0.473 e. The van der Waals surface area contributed by atoms with Gasteiger partial charge in [0.25, 0.3) is 0 Å². The van der Waals surface area contributed by atoms with Crippen molar-refractivity contribution in [1.29, 1.82) is 0 Å².